The van der Waals surface area contributed by atoms with Gasteiger partial charge in [0.05, 0.1) is 0 Å². The maximum atomic E-state index is 12.2. The highest BCUT2D eigenvalue weighted by Crippen LogP contribution is 2.23. The van der Waals surface area contributed by atoms with Crippen molar-refractivity contribution in [2.75, 3.05) is 19.6 Å². The van der Waals surface area contributed by atoms with E-state index in [0.717, 1.165) is 11.1 Å². The predicted octanol–water partition coefficient (Wildman–Crippen LogP) is 1.13. The molecule has 0 saturated heterocycles. The lowest BCUT2D eigenvalue weighted by Gasteiger charge is -2.28. The molecule has 7 heteroatoms. The van der Waals surface area contributed by atoms with Crippen LogP contribution in [0.1, 0.15) is 18.1 Å². The Morgan fingerprint density at radius 2 is 2.20 bits per heavy atom. The Bertz CT molecular complexity index is 577. The fourth-order valence-corrected chi connectivity index (χ4v) is 3.64. The molecule has 0 fully saturated rings. The van der Waals surface area contributed by atoms with E-state index in [1.54, 1.807) is 6.07 Å². The van der Waals surface area contributed by atoms with Crippen LogP contribution in [0, 0.1) is 5.92 Å². The Kier molecular flexibility index (Phi) is 5.04. The van der Waals surface area contributed by atoms with Gasteiger partial charge in [0.25, 0.3) is 10.2 Å². The molecule has 0 radical (unpaired) electrons. The Morgan fingerprint density at radius 1 is 1.45 bits per heavy atom. The van der Waals surface area contributed by atoms with Gasteiger partial charge in [-0.1, -0.05) is 24.6 Å². The Morgan fingerprint density at radius 3 is 2.90 bits per heavy atom. The van der Waals surface area contributed by atoms with Gasteiger partial charge in [0.2, 0.25) is 0 Å². The fourth-order valence-electron chi connectivity index (χ4n) is 2.12. The first-order valence-corrected chi connectivity index (χ1v) is 8.46. The minimum absolute atomic E-state index is 0.126. The van der Waals surface area contributed by atoms with E-state index in [-0.39, 0.29) is 5.92 Å². The average Bonchev–Trinajstić information content (AvgIpc) is 2.44. The molecular formula is C13H20ClN3O2S. The molecule has 0 spiro atoms. The van der Waals surface area contributed by atoms with E-state index >= 15 is 0 Å². The van der Waals surface area contributed by atoms with Crippen LogP contribution in [0.5, 0.6) is 0 Å². The molecule has 1 aromatic carbocycles. The van der Waals surface area contributed by atoms with Crippen LogP contribution in [0.25, 0.3) is 0 Å². The molecule has 3 N–H and O–H groups in total. The third-order valence-corrected chi connectivity index (χ3v) is 5.26. The predicted molar refractivity (Wildman–Crippen MR) is 80.7 cm³/mol. The third kappa shape index (κ3) is 3.71. The van der Waals surface area contributed by atoms with Crippen molar-refractivity contribution in [1.29, 1.82) is 0 Å². The second-order valence-corrected chi connectivity index (χ2v) is 7.38. The lowest BCUT2D eigenvalue weighted by Crippen LogP contribution is -2.45. The number of fused-ring (bicyclic) bond motifs is 1. The molecule has 1 unspecified atom stereocenters. The van der Waals surface area contributed by atoms with Crippen molar-refractivity contribution in [3.63, 3.8) is 0 Å². The van der Waals surface area contributed by atoms with Gasteiger partial charge in [-0.2, -0.15) is 12.7 Å². The summed E-state index contributed by atoms with van der Waals surface area (Å²) >= 11 is 5.95. The molecule has 1 aliphatic rings. The summed E-state index contributed by atoms with van der Waals surface area (Å²) in [5.74, 6) is 0.126. The molecule has 5 nitrogen and oxygen atoms in total. The molecule has 0 amide bonds. The monoisotopic (exact) mass is 317 g/mol. The summed E-state index contributed by atoms with van der Waals surface area (Å²) in [6.07, 6.45) is 0.684. The van der Waals surface area contributed by atoms with Gasteiger partial charge in [0.15, 0.2) is 0 Å². The number of halogens is 1. The zero-order chi connectivity index (χ0) is 14.8. The van der Waals surface area contributed by atoms with Crippen molar-refractivity contribution in [3.05, 3.63) is 34.3 Å². The van der Waals surface area contributed by atoms with Crippen molar-refractivity contribution in [2.45, 2.75) is 19.9 Å². The van der Waals surface area contributed by atoms with Gasteiger partial charge in [-0.25, -0.2) is 4.72 Å². The van der Waals surface area contributed by atoms with Crippen LogP contribution >= 0.6 is 11.6 Å². The van der Waals surface area contributed by atoms with E-state index < -0.39 is 10.2 Å². The molecule has 0 aromatic heterocycles. The standard InChI is InChI=1S/C13H20ClN3O2S/c1-10(7-15)8-16-20(18,19)17-5-4-11-6-13(14)3-2-12(11)9-17/h2-3,6,10,16H,4-5,7-9,15H2,1H3. The molecule has 0 aliphatic carbocycles. The summed E-state index contributed by atoms with van der Waals surface area (Å²) in [5.41, 5.74) is 7.63. The normalized spacial score (nSPS) is 17.8. The van der Waals surface area contributed by atoms with Crippen molar-refractivity contribution in [1.82, 2.24) is 9.03 Å². The van der Waals surface area contributed by atoms with Crippen LogP contribution in [-0.4, -0.2) is 32.4 Å². The summed E-state index contributed by atoms with van der Waals surface area (Å²) in [6, 6.07) is 5.59. The van der Waals surface area contributed by atoms with E-state index in [9.17, 15) is 8.42 Å². The van der Waals surface area contributed by atoms with Crippen molar-refractivity contribution in [2.24, 2.45) is 11.7 Å². The Hall–Kier alpha value is -0.660. The molecular weight excluding hydrogens is 298 g/mol. The number of hydrogen-bond donors (Lipinski definition) is 2. The van der Waals surface area contributed by atoms with Gasteiger partial charge in [-0.05, 0) is 42.1 Å². The first-order chi connectivity index (χ1) is 9.42. The van der Waals surface area contributed by atoms with E-state index in [1.807, 2.05) is 19.1 Å². The van der Waals surface area contributed by atoms with E-state index in [4.69, 9.17) is 17.3 Å². The van der Waals surface area contributed by atoms with Crippen LogP contribution in [-0.2, 0) is 23.2 Å². The maximum absolute atomic E-state index is 12.2. The summed E-state index contributed by atoms with van der Waals surface area (Å²) < 4.78 is 28.5. The first-order valence-electron chi connectivity index (χ1n) is 6.64. The lowest BCUT2D eigenvalue weighted by molar-refractivity contribution is 0.381. The minimum atomic E-state index is -3.45. The minimum Gasteiger partial charge on any atom is -0.330 e. The highest BCUT2D eigenvalue weighted by Gasteiger charge is 2.26. The average molecular weight is 318 g/mol. The van der Waals surface area contributed by atoms with Crippen LogP contribution in [0.15, 0.2) is 18.2 Å². The highest BCUT2D eigenvalue weighted by atomic mass is 35.5. The van der Waals surface area contributed by atoms with E-state index in [1.165, 1.54) is 4.31 Å². The molecule has 1 heterocycles. The van der Waals surface area contributed by atoms with E-state index in [0.29, 0.717) is 37.6 Å². The molecule has 2 rings (SSSR count). The van der Waals surface area contributed by atoms with E-state index in [2.05, 4.69) is 4.72 Å². The number of nitrogens with zero attached hydrogens (tertiary/aromatic N) is 1. The summed E-state index contributed by atoms with van der Waals surface area (Å²) in [5, 5.41) is 0.690. The van der Waals surface area contributed by atoms with Gasteiger partial charge in [-0.3, -0.25) is 0 Å². The number of nitrogens with two attached hydrogens (primary N) is 1. The largest absolute Gasteiger partial charge is 0.330 e. The second-order valence-electron chi connectivity index (χ2n) is 5.19. The van der Waals surface area contributed by atoms with Gasteiger partial charge in [-0.15, -0.1) is 0 Å². The highest BCUT2D eigenvalue weighted by molar-refractivity contribution is 7.87. The number of hydrogen-bond acceptors (Lipinski definition) is 3. The summed E-state index contributed by atoms with van der Waals surface area (Å²) in [7, 11) is -3.45. The third-order valence-electron chi connectivity index (χ3n) is 3.50. The molecule has 112 valence electrons. The zero-order valence-corrected chi connectivity index (χ0v) is 13.0. The van der Waals surface area contributed by atoms with Crippen LogP contribution < -0.4 is 10.5 Å². The zero-order valence-electron chi connectivity index (χ0n) is 11.5. The molecule has 1 aliphatic heterocycles. The summed E-state index contributed by atoms with van der Waals surface area (Å²) in [6.45, 7) is 3.60. The SMILES string of the molecule is CC(CN)CNS(=O)(=O)N1CCc2cc(Cl)ccc2C1. The quantitative estimate of drug-likeness (QED) is 0.854. The van der Waals surface area contributed by atoms with Gasteiger partial charge in [0.1, 0.15) is 0 Å². The van der Waals surface area contributed by atoms with Gasteiger partial charge in [0, 0.05) is 24.7 Å². The molecule has 0 saturated carbocycles. The maximum Gasteiger partial charge on any atom is 0.279 e. The van der Waals surface area contributed by atoms with Crippen LogP contribution in [0.2, 0.25) is 5.02 Å². The smallest absolute Gasteiger partial charge is 0.279 e. The topological polar surface area (TPSA) is 75.4 Å². The second kappa shape index (κ2) is 6.41. The van der Waals surface area contributed by atoms with Crippen LogP contribution in [0.3, 0.4) is 0 Å². The van der Waals surface area contributed by atoms with Crippen LogP contribution in [0.4, 0.5) is 0 Å². The molecule has 1 atom stereocenters. The van der Waals surface area contributed by atoms with Crippen molar-refractivity contribution < 1.29 is 8.42 Å². The lowest BCUT2D eigenvalue weighted by atomic mass is 10.0. The van der Waals surface area contributed by atoms with Gasteiger partial charge >= 0.3 is 0 Å². The number of benzene rings is 1. The molecule has 20 heavy (non-hydrogen) atoms. The Balaban J connectivity index is 2.06. The van der Waals surface area contributed by atoms with Crippen molar-refractivity contribution in [3.8, 4) is 0 Å². The fraction of sp³-hybridized carbons (Fsp3) is 0.538. The van der Waals surface area contributed by atoms with Crippen molar-refractivity contribution >= 4 is 21.8 Å². The Labute approximate surface area is 125 Å². The number of rotatable bonds is 5. The molecule has 1 aromatic rings. The number of nitrogens with one attached hydrogen (secondary N) is 1. The molecule has 0 bridgehead atoms. The van der Waals surface area contributed by atoms with Gasteiger partial charge < -0.3 is 5.73 Å². The summed E-state index contributed by atoms with van der Waals surface area (Å²) in [4.78, 5) is 0. The first kappa shape index (κ1) is 15.7.